The number of likely N-dealkylation sites (N-methyl/N-ethyl adjacent to an activating group) is 1. The molecule has 0 saturated heterocycles. The molecule has 0 aromatic heterocycles. The first kappa shape index (κ1) is 30.9. The lowest BCUT2D eigenvalue weighted by Crippen LogP contribution is -2.55. The monoisotopic (exact) mass is 476 g/mol. The Bertz CT molecular complexity index is 545. The summed E-state index contributed by atoms with van der Waals surface area (Å²) in [5, 5.41) is 2.97. The Morgan fingerprint density at radius 2 is 1.38 bits per heavy atom. The Morgan fingerprint density at radius 3 is 1.91 bits per heavy atom. The van der Waals surface area contributed by atoms with Gasteiger partial charge in [-0.25, -0.2) is 4.99 Å². The molecular weight excluding hydrogens is 418 g/mol. The molecule has 34 heavy (non-hydrogen) atoms. The van der Waals surface area contributed by atoms with Gasteiger partial charge in [-0.05, 0) is 39.0 Å². The van der Waals surface area contributed by atoms with Gasteiger partial charge >= 0.3 is 0 Å². The Morgan fingerprint density at radius 1 is 0.853 bits per heavy atom. The number of aliphatic imine (C=N–C) groups is 1. The van der Waals surface area contributed by atoms with Gasteiger partial charge in [-0.1, -0.05) is 96.1 Å². The maximum atomic E-state index is 11.2. The number of carbonyl (C=O) groups excluding carboxylic acids is 1. The van der Waals surface area contributed by atoms with Crippen LogP contribution in [-0.2, 0) is 4.79 Å². The average Bonchev–Trinajstić information content (AvgIpc) is 3.23. The molecule has 4 heteroatoms. The number of nitrogens with one attached hydrogen (secondary N) is 1. The second-order valence-corrected chi connectivity index (χ2v) is 10.5. The van der Waals surface area contributed by atoms with E-state index in [-0.39, 0.29) is 5.91 Å². The van der Waals surface area contributed by atoms with Gasteiger partial charge in [-0.2, -0.15) is 0 Å². The topological polar surface area (TPSA) is 41.5 Å². The largest absolute Gasteiger partial charge is 0.351 e. The van der Waals surface area contributed by atoms with Gasteiger partial charge in [-0.15, -0.1) is 0 Å². The van der Waals surface area contributed by atoms with Gasteiger partial charge in [0.15, 0.2) is 6.17 Å². The lowest BCUT2D eigenvalue weighted by molar-refractivity contribution is -0.935. The zero-order chi connectivity index (χ0) is 24.7. The van der Waals surface area contributed by atoms with Gasteiger partial charge in [-0.3, -0.25) is 9.28 Å². The minimum Gasteiger partial charge on any atom is -0.351 e. The van der Waals surface area contributed by atoms with Crippen molar-refractivity contribution in [1.82, 2.24) is 5.32 Å². The van der Waals surface area contributed by atoms with Gasteiger partial charge in [0.1, 0.15) is 6.54 Å². The third-order valence-electron chi connectivity index (χ3n) is 7.64. The number of quaternary nitrogens is 1. The standard InChI is InChI=1S/C30H57N3O/c1-4-6-7-8-9-10-11-12-13-14-15-16-17-18-19-20-21-22-23-24-30-32-26-28-33(30,5-2)27-25-31-29(3)34/h11-12,26,30H,4-10,13-25,27-28H2,1-3H3/p+1/b12-11+. The van der Waals surface area contributed by atoms with Gasteiger partial charge < -0.3 is 5.32 Å². The van der Waals surface area contributed by atoms with Gasteiger partial charge in [0, 0.05) is 13.3 Å². The number of allylic oxidation sites excluding steroid dienone is 2. The van der Waals surface area contributed by atoms with Crippen LogP contribution in [0.1, 0.15) is 136 Å². The summed E-state index contributed by atoms with van der Waals surface area (Å²) in [7, 11) is 0. The van der Waals surface area contributed by atoms with E-state index in [0.717, 1.165) is 30.7 Å². The summed E-state index contributed by atoms with van der Waals surface area (Å²) >= 11 is 0. The van der Waals surface area contributed by atoms with Crippen molar-refractivity contribution in [2.45, 2.75) is 143 Å². The molecule has 1 aliphatic heterocycles. The van der Waals surface area contributed by atoms with Crippen LogP contribution in [-0.4, -0.2) is 48.9 Å². The fourth-order valence-electron chi connectivity index (χ4n) is 5.24. The summed E-state index contributed by atoms with van der Waals surface area (Å²) in [5.74, 6) is 0.0712. The molecule has 198 valence electrons. The summed E-state index contributed by atoms with van der Waals surface area (Å²) in [6.45, 7) is 10.0. The van der Waals surface area contributed by atoms with Crippen LogP contribution < -0.4 is 5.32 Å². The molecule has 4 nitrogen and oxygen atoms in total. The highest BCUT2D eigenvalue weighted by Crippen LogP contribution is 2.24. The van der Waals surface area contributed by atoms with E-state index in [4.69, 9.17) is 4.99 Å². The average molecular weight is 477 g/mol. The predicted octanol–water partition coefficient (Wildman–Crippen LogP) is 7.97. The first-order chi connectivity index (χ1) is 16.6. The predicted molar refractivity (Wildman–Crippen MR) is 149 cm³/mol. The minimum absolute atomic E-state index is 0.0712. The Kier molecular flexibility index (Phi) is 19.2. The van der Waals surface area contributed by atoms with Crippen molar-refractivity contribution < 1.29 is 9.28 Å². The van der Waals surface area contributed by atoms with E-state index in [1.54, 1.807) is 6.92 Å². The molecule has 1 aliphatic rings. The molecule has 2 unspecified atom stereocenters. The minimum atomic E-state index is 0.0712. The molecule has 0 spiro atoms. The van der Waals surface area contributed by atoms with Crippen molar-refractivity contribution >= 4 is 12.1 Å². The first-order valence-electron chi connectivity index (χ1n) is 14.9. The van der Waals surface area contributed by atoms with E-state index in [2.05, 4.69) is 37.5 Å². The third-order valence-corrected chi connectivity index (χ3v) is 7.64. The summed E-state index contributed by atoms with van der Waals surface area (Å²) in [5.41, 5.74) is 0. The molecule has 1 rings (SSSR count). The van der Waals surface area contributed by atoms with Crippen LogP contribution in [0.5, 0.6) is 0 Å². The molecule has 0 radical (unpaired) electrons. The lowest BCUT2D eigenvalue weighted by Gasteiger charge is -2.38. The first-order valence-corrected chi connectivity index (χ1v) is 14.9. The van der Waals surface area contributed by atoms with Crippen LogP contribution in [0, 0.1) is 0 Å². The Hall–Kier alpha value is -1.16. The molecular formula is C30H58N3O+. The second kappa shape index (κ2) is 21.1. The fraction of sp³-hybridized carbons (Fsp3) is 0.867. The maximum absolute atomic E-state index is 11.2. The number of unbranched alkanes of at least 4 members (excludes halogenated alkanes) is 15. The molecule has 1 N–H and O–H groups in total. The smallest absolute Gasteiger partial charge is 0.217 e. The molecule has 2 atom stereocenters. The molecule has 0 aliphatic carbocycles. The molecule has 0 saturated carbocycles. The molecule has 0 bridgehead atoms. The number of hydrogen-bond acceptors (Lipinski definition) is 2. The maximum Gasteiger partial charge on any atom is 0.217 e. The van der Waals surface area contributed by atoms with E-state index < -0.39 is 0 Å². The highest BCUT2D eigenvalue weighted by atomic mass is 16.1. The van der Waals surface area contributed by atoms with Gasteiger partial charge in [0.25, 0.3) is 0 Å². The number of carbonyl (C=O) groups is 1. The van der Waals surface area contributed by atoms with Crippen LogP contribution in [0.25, 0.3) is 0 Å². The van der Waals surface area contributed by atoms with Crippen LogP contribution in [0.2, 0.25) is 0 Å². The van der Waals surface area contributed by atoms with Gasteiger partial charge in [0.2, 0.25) is 5.91 Å². The summed E-state index contributed by atoms with van der Waals surface area (Å²) in [6, 6.07) is 0. The van der Waals surface area contributed by atoms with E-state index >= 15 is 0 Å². The summed E-state index contributed by atoms with van der Waals surface area (Å²) in [6.07, 6.45) is 31.9. The highest BCUT2D eigenvalue weighted by Gasteiger charge is 2.37. The third kappa shape index (κ3) is 15.0. The van der Waals surface area contributed by atoms with Crippen LogP contribution >= 0.6 is 0 Å². The van der Waals surface area contributed by atoms with Gasteiger partial charge in [0.05, 0.1) is 25.8 Å². The van der Waals surface area contributed by atoms with E-state index in [1.807, 2.05) is 0 Å². The van der Waals surface area contributed by atoms with Crippen molar-refractivity contribution in [3.63, 3.8) is 0 Å². The zero-order valence-corrected chi connectivity index (χ0v) is 23.2. The molecule has 0 aromatic carbocycles. The number of amides is 1. The summed E-state index contributed by atoms with van der Waals surface area (Å²) < 4.78 is 1.02. The normalized spacial score (nSPS) is 19.9. The van der Waals surface area contributed by atoms with Crippen molar-refractivity contribution in [3.05, 3.63) is 12.2 Å². The van der Waals surface area contributed by atoms with E-state index in [0.29, 0.717) is 6.17 Å². The van der Waals surface area contributed by atoms with Crippen molar-refractivity contribution in [1.29, 1.82) is 0 Å². The lowest BCUT2D eigenvalue weighted by atomic mass is 10.0. The second-order valence-electron chi connectivity index (χ2n) is 10.5. The SMILES string of the molecule is CCCCCCC/C=C/CCCCCCCCCCCCC1N=CC[N+]1(CC)CCNC(C)=O. The molecule has 0 aromatic rings. The van der Waals surface area contributed by atoms with Crippen molar-refractivity contribution in [3.8, 4) is 0 Å². The number of rotatable bonds is 23. The molecule has 0 fully saturated rings. The Balaban J connectivity index is 1.91. The summed E-state index contributed by atoms with van der Waals surface area (Å²) in [4.78, 5) is 16.0. The number of hydrogen-bond donors (Lipinski definition) is 1. The zero-order valence-electron chi connectivity index (χ0n) is 23.2. The van der Waals surface area contributed by atoms with Crippen molar-refractivity contribution in [2.24, 2.45) is 4.99 Å². The van der Waals surface area contributed by atoms with E-state index in [1.165, 1.54) is 116 Å². The Labute approximate surface area is 212 Å². The molecule has 1 heterocycles. The molecule has 1 amide bonds. The quantitative estimate of drug-likeness (QED) is 0.0906. The van der Waals surface area contributed by atoms with Crippen molar-refractivity contribution in [2.75, 3.05) is 26.2 Å². The fourth-order valence-corrected chi connectivity index (χ4v) is 5.24. The highest BCUT2D eigenvalue weighted by molar-refractivity contribution is 5.72. The van der Waals surface area contributed by atoms with Crippen LogP contribution in [0.3, 0.4) is 0 Å². The van der Waals surface area contributed by atoms with Crippen LogP contribution in [0.4, 0.5) is 0 Å². The van der Waals surface area contributed by atoms with E-state index in [9.17, 15) is 4.79 Å². The number of nitrogens with zero attached hydrogens (tertiary/aromatic N) is 2. The van der Waals surface area contributed by atoms with Crippen LogP contribution in [0.15, 0.2) is 17.1 Å².